The molecule has 1 unspecified atom stereocenters. The molecule has 2 aliphatic rings. The molecule has 2 aromatic rings. The van der Waals surface area contributed by atoms with Crippen LogP contribution in [0.2, 0.25) is 0 Å². The standard InChI is InChI=1S/C18H18N4OS/c1-23-17-7-6-12(10-20-17)22-9-8-15-16(11-22)24-18(21-15)13-4-2-3-5-14(13)19/h2-7,10-11,18H,8-9,19H2,1H3. The molecule has 2 aliphatic heterocycles. The van der Waals surface area contributed by atoms with Crippen LogP contribution in [0.25, 0.3) is 0 Å². The number of para-hydroxylation sites is 1. The molecule has 0 amide bonds. The molecule has 1 atom stereocenters. The quantitative estimate of drug-likeness (QED) is 0.866. The van der Waals surface area contributed by atoms with Gasteiger partial charge in [0, 0.05) is 41.4 Å². The lowest BCUT2D eigenvalue weighted by molar-refractivity contribution is 0.398. The van der Waals surface area contributed by atoms with E-state index in [0.717, 1.165) is 29.9 Å². The number of rotatable bonds is 3. The summed E-state index contributed by atoms with van der Waals surface area (Å²) >= 11 is 1.76. The van der Waals surface area contributed by atoms with Crippen molar-refractivity contribution in [3.8, 4) is 5.88 Å². The number of pyridine rings is 1. The average Bonchev–Trinajstić information content (AvgIpc) is 3.05. The summed E-state index contributed by atoms with van der Waals surface area (Å²) in [7, 11) is 1.62. The minimum Gasteiger partial charge on any atom is -0.481 e. The Hall–Kier alpha value is -2.47. The molecule has 0 radical (unpaired) electrons. The average molecular weight is 338 g/mol. The van der Waals surface area contributed by atoms with Crippen LogP contribution in [0.3, 0.4) is 0 Å². The number of methoxy groups -OCH3 is 1. The third-order valence-corrected chi connectivity index (χ3v) is 5.36. The van der Waals surface area contributed by atoms with Gasteiger partial charge in [-0.05, 0) is 12.1 Å². The summed E-state index contributed by atoms with van der Waals surface area (Å²) in [6.45, 7) is 0.897. The third-order valence-electron chi connectivity index (χ3n) is 4.18. The molecular weight excluding hydrogens is 320 g/mol. The maximum atomic E-state index is 6.10. The van der Waals surface area contributed by atoms with E-state index in [4.69, 9.17) is 15.5 Å². The zero-order valence-electron chi connectivity index (χ0n) is 13.3. The van der Waals surface area contributed by atoms with Crippen LogP contribution in [-0.4, -0.2) is 24.4 Å². The molecule has 4 rings (SSSR count). The van der Waals surface area contributed by atoms with Gasteiger partial charge in [-0.25, -0.2) is 4.98 Å². The highest BCUT2D eigenvalue weighted by molar-refractivity contribution is 8.04. The van der Waals surface area contributed by atoms with E-state index < -0.39 is 0 Å². The van der Waals surface area contributed by atoms with Crippen molar-refractivity contribution >= 4 is 28.8 Å². The van der Waals surface area contributed by atoms with Crippen LogP contribution in [0, 0.1) is 0 Å². The lowest BCUT2D eigenvalue weighted by Crippen LogP contribution is -2.25. The smallest absolute Gasteiger partial charge is 0.213 e. The van der Waals surface area contributed by atoms with Gasteiger partial charge in [-0.3, -0.25) is 4.99 Å². The van der Waals surface area contributed by atoms with E-state index in [2.05, 4.69) is 22.2 Å². The molecule has 0 spiro atoms. The number of fused-ring (bicyclic) bond motifs is 1. The van der Waals surface area contributed by atoms with Crippen LogP contribution < -0.4 is 15.4 Å². The molecule has 3 heterocycles. The highest BCUT2D eigenvalue weighted by Gasteiger charge is 2.29. The second kappa shape index (κ2) is 6.20. The first-order valence-electron chi connectivity index (χ1n) is 7.81. The summed E-state index contributed by atoms with van der Waals surface area (Å²) in [4.78, 5) is 12.6. The predicted molar refractivity (Wildman–Crippen MR) is 99.5 cm³/mol. The van der Waals surface area contributed by atoms with Gasteiger partial charge in [0.1, 0.15) is 5.37 Å². The Balaban J connectivity index is 1.57. The SMILES string of the molecule is COc1ccc(N2C=C3SC(c4ccccc4N)N=C3CC2)cn1. The summed E-state index contributed by atoms with van der Waals surface area (Å²) in [5, 5.41) is 0.0568. The van der Waals surface area contributed by atoms with Crippen molar-refractivity contribution in [2.75, 3.05) is 24.3 Å². The molecule has 5 nitrogen and oxygen atoms in total. The highest BCUT2D eigenvalue weighted by Crippen LogP contribution is 2.46. The van der Waals surface area contributed by atoms with Crippen molar-refractivity contribution in [2.45, 2.75) is 11.8 Å². The fourth-order valence-electron chi connectivity index (χ4n) is 2.88. The van der Waals surface area contributed by atoms with E-state index in [1.165, 1.54) is 10.6 Å². The number of aromatic nitrogens is 1. The van der Waals surface area contributed by atoms with E-state index in [0.29, 0.717) is 5.88 Å². The predicted octanol–water partition coefficient (Wildman–Crippen LogP) is 3.61. The monoisotopic (exact) mass is 338 g/mol. The minimum atomic E-state index is 0.0568. The van der Waals surface area contributed by atoms with Gasteiger partial charge in [0.25, 0.3) is 0 Å². The van der Waals surface area contributed by atoms with Crippen molar-refractivity contribution in [2.24, 2.45) is 4.99 Å². The van der Waals surface area contributed by atoms with Gasteiger partial charge in [-0.2, -0.15) is 0 Å². The number of ether oxygens (including phenoxy) is 1. The van der Waals surface area contributed by atoms with E-state index in [1.807, 2.05) is 36.5 Å². The van der Waals surface area contributed by atoms with Crippen molar-refractivity contribution in [1.82, 2.24) is 4.98 Å². The number of nitrogen functional groups attached to an aromatic ring is 1. The Morgan fingerprint density at radius 2 is 2.12 bits per heavy atom. The lowest BCUT2D eigenvalue weighted by atomic mass is 10.1. The Morgan fingerprint density at radius 1 is 1.25 bits per heavy atom. The topological polar surface area (TPSA) is 63.7 Å². The van der Waals surface area contributed by atoms with Crippen molar-refractivity contribution in [3.63, 3.8) is 0 Å². The second-order valence-electron chi connectivity index (χ2n) is 5.67. The lowest BCUT2D eigenvalue weighted by Gasteiger charge is -2.25. The Morgan fingerprint density at radius 3 is 2.88 bits per heavy atom. The van der Waals surface area contributed by atoms with Crippen molar-refractivity contribution < 1.29 is 4.74 Å². The first-order chi connectivity index (χ1) is 11.7. The molecule has 0 saturated heterocycles. The van der Waals surface area contributed by atoms with E-state index >= 15 is 0 Å². The number of benzene rings is 1. The Kier molecular flexibility index (Phi) is 3.90. The maximum Gasteiger partial charge on any atom is 0.213 e. The Labute approximate surface area is 145 Å². The zero-order chi connectivity index (χ0) is 16.5. The summed E-state index contributed by atoms with van der Waals surface area (Å²) in [5.41, 5.74) is 10.2. The Bertz CT molecular complexity index is 816. The molecule has 0 saturated carbocycles. The zero-order valence-corrected chi connectivity index (χ0v) is 14.2. The van der Waals surface area contributed by atoms with Crippen molar-refractivity contribution in [1.29, 1.82) is 0 Å². The molecule has 1 aromatic heterocycles. The van der Waals surface area contributed by atoms with Crippen LogP contribution >= 0.6 is 11.8 Å². The van der Waals surface area contributed by atoms with Crippen molar-refractivity contribution in [3.05, 3.63) is 59.3 Å². The molecule has 0 fully saturated rings. The summed E-state index contributed by atoms with van der Waals surface area (Å²) in [6.07, 6.45) is 4.92. The molecule has 0 bridgehead atoms. The molecular formula is C18H18N4OS. The van der Waals surface area contributed by atoms with Crippen LogP contribution in [0.4, 0.5) is 11.4 Å². The summed E-state index contributed by atoms with van der Waals surface area (Å²) in [6, 6.07) is 11.9. The van der Waals surface area contributed by atoms with Crippen LogP contribution in [0.5, 0.6) is 5.88 Å². The van der Waals surface area contributed by atoms with Gasteiger partial charge in [0.05, 0.1) is 24.7 Å². The molecule has 6 heteroatoms. The third kappa shape index (κ3) is 2.73. The normalized spacial score (nSPS) is 19.5. The number of nitrogens with zero attached hydrogens (tertiary/aromatic N) is 3. The second-order valence-corrected chi connectivity index (χ2v) is 6.79. The minimum absolute atomic E-state index is 0.0568. The largest absolute Gasteiger partial charge is 0.481 e. The fraction of sp³-hybridized carbons (Fsp3) is 0.222. The summed E-state index contributed by atoms with van der Waals surface area (Å²) in [5.74, 6) is 0.625. The van der Waals surface area contributed by atoms with Gasteiger partial charge >= 0.3 is 0 Å². The van der Waals surface area contributed by atoms with Gasteiger partial charge < -0.3 is 15.4 Å². The number of nitrogens with two attached hydrogens (primary N) is 1. The highest BCUT2D eigenvalue weighted by atomic mass is 32.2. The molecule has 122 valence electrons. The first kappa shape index (κ1) is 15.1. The fourth-order valence-corrected chi connectivity index (χ4v) is 4.12. The number of hydrogen-bond donors (Lipinski definition) is 1. The van der Waals surface area contributed by atoms with Gasteiger partial charge in [-0.1, -0.05) is 30.0 Å². The summed E-state index contributed by atoms with van der Waals surface area (Å²) < 4.78 is 5.12. The van der Waals surface area contributed by atoms with Gasteiger partial charge in [0.15, 0.2) is 0 Å². The molecule has 2 N–H and O–H groups in total. The van der Waals surface area contributed by atoms with Crippen LogP contribution in [0.15, 0.2) is 58.7 Å². The van der Waals surface area contributed by atoms with Crippen LogP contribution in [0.1, 0.15) is 17.4 Å². The van der Waals surface area contributed by atoms with Gasteiger partial charge in [-0.15, -0.1) is 0 Å². The van der Waals surface area contributed by atoms with Gasteiger partial charge in [0.2, 0.25) is 5.88 Å². The van der Waals surface area contributed by atoms with E-state index in [9.17, 15) is 0 Å². The number of anilines is 2. The van der Waals surface area contributed by atoms with E-state index in [-0.39, 0.29) is 5.37 Å². The van der Waals surface area contributed by atoms with Crippen LogP contribution in [-0.2, 0) is 0 Å². The number of hydrogen-bond acceptors (Lipinski definition) is 6. The molecule has 0 aliphatic carbocycles. The number of allylic oxidation sites excluding steroid dienone is 1. The molecule has 24 heavy (non-hydrogen) atoms. The molecule has 1 aromatic carbocycles. The first-order valence-corrected chi connectivity index (χ1v) is 8.69. The number of aliphatic imine (C=N–C) groups is 1. The number of thioether (sulfide) groups is 1. The van der Waals surface area contributed by atoms with E-state index in [1.54, 1.807) is 18.9 Å². The maximum absolute atomic E-state index is 6.10.